The lowest BCUT2D eigenvalue weighted by atomic mass is 10.2. The van der Waals surface area contributed by atoms with E-state index < -0.39 is 0 Å². The van der Waals surface area contributed by atoms with Crippen LogP contribution in [0, 0.1) is 5.82 Å². The van der Waals surface area contributed by atoms with E-state index in [4.69, 9.17) is 0 Å². The number of rotatable bonds is 8. The average molecular weight is 338 g/mol. The van der Waals surface area contributed by atoms with Gasteiger partial charge in [0.1, 0.15) is 5.82 Å². The van der Waals surface area contributed by atoms with Gasteiger partial charge < -0.3 is 10.2 Å². The molecule has 0 radical (unpaired) electrons. The molecule has 124 valence electrons. The number of halogens is 1. The quantitative estimate of drug-likeness (QED) is 0.717. The van der Waals surface area contributed by atoms with Gasteiger partial charge in [0, 0.05) is 18.7 Å². The van der Waals surface area contributed by atoms with Crippen LogP contribution in [0.5, 0.6) is 0 Å². The van der Waals surface area contributed by atoms with E-state index in [0.29, 0.717) is 17.3 Å². The van der Waals surface area contributed by atoms with Gasteiger partial charge in [-0.3, -0.25) is 4.79 Å². The van der Waals surface area contributed by atoms with Crippen molar-refractivity contribution >= 4 is 17.7 Å². The summed E-state index contributed by atoms with van der Waals surface area (Å²) in [5, 5.41) is 14.7. The molecule has 1 heterocycles. The van der Waals surface area contributed by atoms with Crippen LogP contribution in [-0.2, 0) is 17.9 Å². The molecular formula is C14H19FN6OS. The molecule has 0 spiro atoms. The number of carbonyl (C=O) groups is 1. The minimum atomic E-state index is -0.326. The number of thioether (sulfide) groups is 1. The fourth-order valence-electron chi connectivity index (χ4n) is 1.75. The number of aromatic nitrogens is 4. The Bertz CT molecular complexity index is 648. The van der Waals surface area contributed by atoms with Crippen LogP contribution >= 0.6 is 11.8 Å². The van der Waals surface area contributed by atoms with E-state index in [-0.39, 0.29) is 24.0 Å². The highest BCUT2D eigenvalue weighted by atomic mass is 32.2. The number of benzene rings is 1. The van der Waals surface area contributed by atoms with Crippen molar-refractivity contribution in [2.45, 2.75) is 18.2 Å². The third-order valence-electron chi connectivity index (χ3n) is 3.02. The second kappa shape index (κ2) is 8.59. The first-order valence-corrected chi connectivity index (χ1v) is 8.08. The summed E-state index contributed by atoms with van der Waals surface area (Å²) in [6.07, 6.45) is 0. The summed E-state index contributed by atoms with van der Waals surface area (Å²) in [6.45, 7) is 1.62. The van der Waals surface area contributed by atoms with Crippen LogP contribution in [0.1, 0.15) is 5.56 Å². The van der Waals surface area contributed by atoms with E-state index in [1.54, 1.807) is 22.9 Å². The molecule has 0 atom stereocenters. The fourth-order valence-corrected chi connectivity index (χ4v) is 2.48. The van der Waals surface area contributed by atoms with Gasteiger partial charge in [0.2, 0.25) is 11.1 Å². The lowest BCUT2D eigenvalue weighted by molar-refractivity contribution is -0.118. The van der Waals surface area contributed by atoms with Crippen LogP contribution < -0.4 is 5.32 Å². The number of likely N-dealkylation sites (N-methyl/N-ethyl adjacent to an activating group) is 1. The molecule has 23 heavy (non-hydrogen) atoms. The van der Waals surface area contributed by atoms with Crippen LogP contribution in [0.25, 0.3) is 0 Å². The van der Waals surface area contributed by atoms with E-state index in [1.165, 1.54) is 17.8 Å². The molecule has 0 unspecified atom stereocenters. The minimum absolute atomic E-state index is 0.164. The number of amides is 1. The molecule has 0 bridgehead atoms. The molecule has 0 fully saturated rings. The Morgan fingerprint density at radius 2 is 2.17 bits per heavy atom. The van der Waals surface area contributed by atoms with Gasteiger partial charge in [-0.15, -0.1) is 5.10 Å². The standard InChI is InChI=1S/C14H19FN6OS/c1-20(2)7-8-21-14(17-18-19-21)23-10-13(22)16-9-11-5-3-4-6-12(11)15/h3-6H,7-10H2,1-2H3,(H,16,22). The molecule has 0 aliphatic heterocycles. The molecule has 0 aliphatic carbocycles. The summed E-state index contributed by atoms with van der Waals surface area (Å²) >= 11 is 1.26. The number of hydrogen-bond acceptors (Lipinski definition) is 6. The zero-order chi connectivity index (χ0) is 16.7. The first-order chi connectivity index (χ1) is 11.1. The van der Waals surface area contributed by atoms with Crippen molar-refractivity contribution in [1.29, 1.82) is 0 Å². The van der Waals surface area contributed by atoms with Crippen molar-refractivity contribution in [3.8, 4) is 0 Å². The summed E-state index contributed by atoms with van der Waals surface area (Å²) in [5.74, 6) is -0.343. The number of hydrogen-bond donors (Lipinski definition) is 1. The molecule has 7 nitrogen and oxygen atoms in total. The van der Waals surface area contributed by atoms with Crippen LogP contribution in [0.4, 0.5) is 4.39 Å². The maximum Gasteiger partial charge on any atom is 0.230 e. The molecule has 0 saturated heterocycles. The Labute approximate surface area is 138 Å². The Morgan fingerprint density at radius 1 is 1.39 bits per heavy atom. The topological polar surface area (TPSA) is 75.9 Å². The van der Waals surface area contributed by atoms with Gasteiger partial charge in [-0.1, -0.05) is 30.0 Å². The molecule has 1 aromatic carbocycles. The molecule has 0 aliphatic rings. The van der Waals surface area contributed by atoms with E-state index in [0.717, 1.165) is 6.54 Å². The second-order valence-electron chi connectivity index (χ2n) is 5.14. The monoisotopic (exact) mass is 338 g/mol. The largest absolute Gasteiger partial charge is 0.351 e. The molecule has 1 aromatic heterocycles. The van der Waals surface area contributed by atoms with Crippen LogP contribution in [-0.4, -0.2) is 57.4 Å². The van der Waals surface area contributed by atoms with Gasteiger partial charge in [-0.25, -0.2) is 9.07 Å². The van der Waals surface area contributed by atoms with E-state index in [1.807, 2.05) is 19.0 Å². The number of tetrazole rings is 1. The van der Waals surface area contributed by atoms with Crippen LogP contribution in [0.15, 0.2) is 29.4 Å². The molecule has 2 rings (SSSR count). The van der Waals surface area contributed by atoms with Gasteiger partial charge in [0.15, 0.2) is 0 Å². The summed E-state index contributed by atoms with van der Waals surface area (Å²) in [6, 6.07) is 6.36. The first kappa shape index (κ1) is 17.4. The zero-order valence-electron chi connectivity index (χ0n) is 13.1. The number of carbonyl (C=O) groups excluding carboxylic acids is 1. The number of nitrogens with zero attached hydrogens (tertiary/aromatic N) is 5. The Kier molecular flexibility index (Phi) is 6.48. The summed E-state index contributed by atoms with van der Waals surface area (Å²) in [7, 11) is 3.93. The van der Waals surface area contributed by atoms with E-state index in [2.05, 4.69) is 20.8 Å². The smallest absolute Gasteiger partial charge is 0.230 e. The molecule has 2 aromatic rings. The third kappa shape index (κ3) is 5.61. The second-order valence-corrected chi connectivity index (χ2v) is 6.09. The van der Waals surface area contributed by atoms with Gasteiger partial charge in [-0.2, -0.15) is 0 Å². The van der Waals surface area contributed by atoms with Crippen molar-refractivity contribution in [3.05, 3.63) is 35.6 Å². The third-order valence-corrected chi connectivity index (χ3v) is 3.98. The maximum atomic E-state index is 13.5. The predicted molar refractivity (Wildman–Crippen MR) is 85.3 cm³/mol. The van der Waals surface area contributed by atoms with Crippen molar-refractivity contribution in [3.63, 3.8) is 0 Å². The summed E-state index contributed by atoms with van der Waals surface area (Å²) < 4.78 is 15.1. The van der Waals surface area contributed by atoms with Crippen molar-refractivity contribution in [2.24, 2.45) is 0 Å². The van der Waals surface area contributed by atoms with Crippen molar-refractivity contribution in [2.75, 3.05) is 26.4 Å². The van der Waals surface area contributed by atoms with Gasteiger partial charge >= 0.3 is 0 Å². The molecule has 1 N–H and O–H groups in total. The van der Waals surface area contributed by atoms with Crippen molar-refractivity contribution < 1.29 is 9.18 Å². The molecule has 0 saturated carbocycles. The van der Waals surface area contributed by atoms with Gasteiger partial charge in [-0.05, 0) is 30.6 Å². The Morgan fingerprint density at radius 3 is 2.91 bits per heavy atom. The fraction of sp³-hybridized carbons (Fsp3) is 0.429. The highest BCUT2D eigenvalue weighted by molar-refractivity contribution is 7.99. The molecule has 9 heteroatoms. The maximum absolute atomic E-state index is 13.5. The lowest BCUT2D eigenvalue weighted by Crippen LogP contribution is -2.25. The van der Waals surface area contributed by atoms with Gasteiger partial charge in [0.25, 0.3) is 0 Å². The van der Waals surface area contributed by atoms with Crippen LogP contribution in [0.2, 0.25) is 0 Å². The normalized spacial score (nSPS) is 11.0. The highest BCUT2D eigenvalue weighted by Crippen LogP contribution is 2.13. The highest BCUT2D eigenvalue weighted by Gasteiger charge is 2.10. The zero-order valence-corrected chi connectivity index (χ0v) is 13.9. The SMILES string of the molecule is CN(C)CCn1nnnc1SCC(=O)NCc1ccccc1F. The van der Waals surface area contributed by atoms with Crippen LogP contribution in [0.3, 0.4) is 0 Å². The summed E-state index contributed by atoms with van der Waals surface area (Å²) in [5.41, 5.74) is 0.460. The average Bonchev–Trinajstić information content (AvgIpc) is 2.97. The first-order valence-electron chi connectivity index (χ1n) is 7.10. The van der Waals surface area contributed by atoms with E-state index in [9.17, 15) is 9.18 Å². The molecule has 1 amide bonds. The lowest BCUT2D eigenvalue weighted by Gasteiger charge is -2.10. The number of nitrogens with one attached hydrogen (secondary N) is 1. The Hall–Kier alpha value is -2.00. The van der Waals surface area contributed by atoms with Gasteiger partial charge in [0.05, 0.1) is 12.3 Å². The molecular weight excluding hydrogens is 319 g/mol. The van der Waals surface area contributed by atoms with Crippen molar-refractivity contribution in [1.82, 2.24) is 30.4 Å². The predicted octanol–water partition coefficient (Wildman–Crippen LogP) is 0.782. The Balaban J connectivity index is 1.79. The minimum Gasteiger partial charge on any atom is -0.351 e. The summed E-state index contributed by atoms with van der Waals surface area (Å²) in [4.78, 5) is 13.9. The van der Waals surface area contributed by atoms with E-state index >= 15 is 0 Å².